The molecule has 7 heteroatoms. The zero-order chi connectivity index (χ0) is 17.8. The minimum Gasteiger partial charge on any atom is -0.488 e. The smallest absolute Gasteiger partial charge is 0.137 e. The maximum Gasteiger partial charge on any atom is 0.137 e. The van der Waals surface area contributed by atoms with E-state index in [1.54, 1.807) is 11.0 Å². The van der Waals surface area contributed by atoms with E-state index in [1.165, 1.54) is 13.4 Å². The Morgan fingerprint density at radius 1 is 1.38 bits per heavy atom. The van der Waals surface area contributed by atoms with Crippen LogP contribution in [0.15, 0.2) is 41.8 Å². The van der Waals surface area contributed by atoms with Crippen molar-refractivity contribution in [2.45, 2.75) is 52.4 Å². The average Bonchev–Trinajstić information content (AvgIpc) is 3.01. The van der Waals surface area contributed by atoms with Gasteiger partial charge >= 0.3 is 0 Å². The largest absolute Gasteiger partial charge is 0.488 e. The van der Waals surface area contributed by atoms with Crippen molar-refractivity contribution in [2.75, 3.05) is 7.11 Å². The lowest BCUT2D eigenvalue weighted by atomic mass is 9.73. The van der Waals surface area contributed by atoms with Crippen LogP contribution in [0.1, 0.15) is 34.1 Å². The van der Waals surface area contributed by atoms with Gasteiger partial charge in [-0.3, -0.25) is 0 Å². The van der Waals surface area contributed by atoms with E-state index in [-0.39, 0.29) is 0 Å². The summed E-state index contributed by atoms with van der Waals surface area (Å²) >= 11 is 0. The number of rotatable bonds is 6. The van der Waals surface area contributed by atoms with Gasteiger partial charge in [-0.2, -0.15) is 5.10 Å². The number of aromatic nitrogens is 3. The summed E-state index contributed by atoms with van der Waals surface area (Å²) in [6, 6.07) is 0. The minimum absolute atomic E-state index is 0.297. The van der Waals surface area contributed by atoms with Crippen LogP contribution in [-0.4, -0.2) is 44.4 Å². The minimum atomic E-state index is -1.13. The first kappa shape index (κ1) is 18.2. The standard InChI is InChI=1S/C17H26N4O3/c1-13(24-15-8-6-14(7-9-15)20-23-5)17(22,16(2,3)4)10-21-12-18-11-19-21/h6,8-9,11-13,22H,7,10H2,1-5H3. The third-order valence-corrected chi connectivity index (χ3v) is 4.31. The lowest BCUT2D eigenvalue weighted by molar-refractivity contribution is -0.152. The molecule has 0 saturated heterocycles. The Morgan fingerprint density at radius 2 is 2.12 bits per heavy atom. The van der Waals surface area contributed by atoms with E-state index in [4.69, 9.17) is 9.57 Å². The van der Waals surface area contributed by atoms with E-state index in [0.717, 1.165) is 5.71 Å². The SMILES string of the molecule is CON=C1C=CC(OC(C)C(O)(Cn2cncn2)C(C)(C)C)=CC1. The first-order valence-corrected chi connectivity index (χ1v) is 7.96. The van der Waals surface area contributed by atoms with Crippen molar-refractivity contribution in [3.8, 4) is 0 Å². The van der Waals surface area contributed by atoms with Gasteiger partial charge in [0.1, 0.15) is 37.2 Å². The van der Waals surface area contributed by atoms with Gasteiger partial charge in [0.15, 0.2) is 0 Å². The van der Waals surface area contributed by atoms with Crippen LogP contribution >= 0.6 is 0 Å². The van der Waals surface area contributed by atoms with Gasteiger partial charge in [0.2, 0.25) is 0 Å². The topological polar surface area (TPSA) is 81.8 Å². The third kappa shape index (κ3) is 4.03. The van der Waals surface area contributed by atoms with Crippen molar-refractivity contribution in [1.82, 2.24) is 14.8 Å². The first-order valence-electron chi connectivity index (χ1n) is 7.96. The van der Waals surface area contributed by atoms with Crippen molar-refractivity contribution in [2.24, 2.45) is 10.6 Å². The van der Waals surface area contributed by atoms with Gasteiger partial charge < -0.3 is 14.7 Å². The van der Waals surface area contributed by atoms with E-state index in [0.29, 0.717) is 18.7 Å². The Kier molecular flexibility index (Phi) is 5.43. The van der Waals surface area contributed by atoms with Crippen molar-refractivity contribution in [1.29, 1.82) is 0 Å². The maximum atomic E-state index is 11.3. The summed E-state index contributed by atoms with van der Waals surface area (Å²) in [5.74, 6) is 0.707. The number of nitrogens with zero attached hydrogens (tertiary/aromatic N) is 4. The summed E-state index contributed by atoms with van der Waals surface area (Å²) in [5, 5.41) is 19.3. The molecule has 1 aromatic heterocycles. The van der Waals surface area contributed by atoms with Gasteiger partial charge in [0.25, 0.3) is 0 Å². The number of hydrogen-bond acceptors (Lipinski definition) is 6. The highest BCUT2D eigenvalue weighted by Crippen LogP contribution is 2.37. The van der Waals surface area contributed by atoms with E-state index >= 15 is 0 Å². The fourth-order valence-corrected chi connectivity index (χ4v) is 2.63. The number of allylic oxidation sites excluding steroid dienone is 3. The van der Waals surface area contributed by atoms with Gasteiger partial charge in [-0.05, 0) is 30.6 Å². The van der Waals surface area contributed by atoms with Crippen LogP contribution < -0.4 is 0 Å². The first-order chi connectivity index (χ1) is 11.3. The van der Waals surface area contributed by atoms with Crippen LogP contribution in [0.4, 0.5) is 0 Å². The summed E-state index contributed by atoms with van der Waals surface area (Å²) in [6.07, 6.45) is 8.83. The number of ether oxygens (including phenoxy) is 1. The van der Waals surface area contributed by atoms with Crippen molar-refractivity contribution in [3.63, 3.8) is 0 Å². The summed E-state index contributed by atoms with van der Waals surface area (Å²) < 4.78 is 7.65. The number of aliphatic hydroxyl groups is 1. The molecule has 1 aliphatic carbocycles. The Labute approximate surface area is 142 Å². The van der Waals surface area contributed by atoms with Crippen molar-refractivity contribution < 1.29 is 14.7 Å². The van der Waals surface area contributed by atoms with Crippen molar-refractivity contribution >= 4 is 5.71 Å². The summed E-state index contributed by atoms with van der Waals surface area (Å²) in [6.45, 7) is 8.12. The molecule has 1 aromatic rings. The highest BCUT2D eigenvalue weighted by atomic mass is 16.6. The van der Waals surface area contributed by atoms with Gasteiger partial charge in [0, 0.05) is 6.42 Å². The highest BCUT2D eigenvalue weighted by Gasteiger charge is 2.47. The van der Waals surface area contributed by atoms with Crippen LogP contribution in [0.3, 0.4) is 0 Å². The molecule has 2 unspecified atom stereocenters. The van der Waals surface area contributed by atoms with Gasteiger partial charge in [-0.1, -0.05) is 25.9 Å². The van der Waals surface area contributed by atoms with Gasteiger partial charge in [-0.25, -0.2) is 9.67 Å². The average molecular weight is 334 g/mol. The zero-order valence-corrected chi connectivity index (χ0v) is 14.9. The van der Waals surface area contributed by atoms with Gasteiger partial charge in [0.05, 0.1) is 12.3 Å². The predicted octanol–water partition coefficient (Wildman–Crippen LogP) is 2.31. The van der Waals surface area contributed by atoms with E-state index in [2.05, 4.69) is 15.2 Å². The Bertz CT molecular complexity index is 629. The molecule has 24 heavy (non-hydrogen) atoms. The zero-order valence-electron chi connectivity index (χ0n) is 14.9. The van der Waals surface area contributed by atoms with Crippen LogP contribution in [0.2, 0.25) is 0 Å². The second-order valence-corrected chi connectivity index (χ2v) is 6.94. The second-order valence-electron chi connectivity index (χ2n) is 6.94. The van der Waals surface area contributed by atoms with E-state index < -0.39 is 17.1 Å². The molecule has 0 bridgehead atoms. The van der Waals surface area contributed by atoms with Crippen molar-refractivity contribution in [3.05, 3.63) is 36.6 Å². The Morgan fingerprint density at radius 3 is 2.62 bits per heavy atom. The van der Waals surface area contributed by atoms with Gasteiger partial charge in [-0.15, -0.1) is 0 Å². The molecule has 0 aliphatic heterocycles. The molecule has 1 N–H and O–H groups in total. The van der Waals surface area contributed by atoms with Crippen LogP contribution in [0.5, 0.6) is 0 Å². The maximum absolute atomic E-state index is 11.3. The van der Waals surface area contributed by atoms with E-state index in [9.17, 15) is 5.11 Å². The Hall–Kier alpha value is -2.15. The van der Waals surface area contributed by atoms with E-state index in [1.807, 2.05) is 45.9 Å². The molecule has 0 amide bonds. The number of hydrogen-bond donors (Lipinski definition) is 1. The molecule has 0 saturated carbocycles. The molecule has 2 rings (SSSR count). The fraction of sp³-hybridized carbons (Fsp3) is 0.588. The molecule has 0 spiro atoms. The third-order valence-electron chi connectivity index (χ3n) is 4.31. The van der Waals surface area contributed by atoms with Crippen LogP contribution in [0.25, 0.3) is 0 Å². The molecular formula is C17H26N4O3. The fourth-order valence-electron chi connectivity index (χ4n) is 2.63. The normalized spacial score (nSPS) is 20.4. The molecule has 7 nitrogen and oxygen atoms in total. The lowest BCUT2D eigenvalue weighted by Crippen LogP contribution is -2.55. The summed E-state index contributed by atoms with van der Waals surface area (Å²) in [5.41, 5.74) is -0.720. The molecular weight excluding hydrogens is 308 g/mol. The predicted molar refractivity (Wildman–Crippen MR) is 91.3 cm³/mol. The lowest BCUT2D eigenvalue weighted by Gasteiger charge is -2.44. The summed E-state index contributed by atoms with van der Waals surface area (Å²) in [7, 11) is 1.52. The number of oxime groups is 1. The molecule has 132 valence electrons. The molecule has 2 atom stereocenters. The molecule has 0 aromatic carbocycles. The summed E-state index contributed by atoms with van der Waals surface area (Å²) in [4.78, 5) is 8.71. The molecule has 0 radical (unpaired) electrons. The molecule has 0 fully saturated rings. The Balaban J connectivity index is 2.13. The highest BCUT2D eigenvalue weighted by molar-refractivity contribution is 5.97. The monoisotopic (exact) mass is 334 g/mol. The molecule has 1 aliphatic rings. The quantitative estimate of drug-likeness (QED) is 0.807. The second kappa shape index (κ2) is 7.17. The van der Waals surface area contributed by atoms with Crippen LogP contribution in [-0.2, 0) is 16.1 Å². The van der Waals surface area contributed by atoms with Crippen LogP contribution in [0, 0.1) is 5.41 Å². The molecule has 1 heterocycles.